The normalized spacial score (nSPS) is 23.4. The van der Waals surface area contributed by atoms with Crippen molar-refractivity contribution >= 4 is 5.97 Å². The van der Waals surface area contributed by atoms with Crippen LogP contribution >= 0.6 is 0 Å². The first-order valence-corrected chi connectivity index (χ1v) is 6.24. The summed E-state index contributed by atoms with van der Waals surface area (Å²) in [6, 6.07) is 6.79. The molecule has 2 rings (SSSR count). The minimum Gasteiger partial charge on any atom is -0.488 e. The van der Waals surface area contributed by atoms with Gasteiger partial charge < -0.3 is 14.6 Å². The van der Waals surface area contributed by atoms with E-state index >= 15 is 0 Å². The quantitative estimate of drug-likeness (QED) is 0.835. The summed E-state index contributed by atoms with van der Waals surface area (Å²) in [7, 11) is 1.35. The third-order valence-corrected chi connectivity index (χ3v) is 3.23. The van der Waals surface area contributed by atoms with Crippen molar-refractivity contribution in [2.45, 2.75) is 37.9 Å². The highest BCUT2D eigenvalue weighted by Gasteiger charge is 2.24. The van der Waals surface area contributed by atoms with Crippen LogP contribution in [0.1, 0.15) is 36.0 Å². The van der Waals surface area contributed by atoms with Gasteiger partial charge in [-0.05, 0) is 43.5 Å². The van der Waals surface area contributed by atoms with Gasteiger partial charge in [-0.25, -0.2) is 4.79 Å². The van der Waals surface area contributed by atoms with E-state index in [4.69, 9.17) is 4.74 Å². The van der Waals surface area contributed by atoms with Gasteiger partial charge in [-0.2, -0.15) is 0 Å². The van der Waals surface area contributed by atoms with Crippen LogP contribution in [0.2, 0.25) is 0 Å². The first-order chi connectivity index (χ1) is 8.70. The minimum absolute atomic E-state index is 0.136. The molecule has 1 aliphatic rings. The van der Waals surface area contributed by atoms with Crippen LogP contribution in [0.15, 0.2) is 24.3 Å². The van der Waals surface area contributed by atoms with Crippen molar-refractivity contribution in [3.05, 3.63) is 29.8 Å². The summed E-state index contributed by atoms with van der Waals surface area (Å²) >= 11 is 0. The van der Waals surface area contributed by atoms with Crippen LogP contribution in [0.3, 0.4) is 0 Å². The maximum absolute atomic E-state index is 11.3. The summed E-state index contributed by atoms with van der Waals surface area (Å²) in [5.74, 6) is 0.313. The zero-order chi connectivity index (χ0) is 13.0. The van der Waals surface area contributed by atoms with Gasteiger partial charge in [-0.1, -0.05) is 6.42 Å². The number of rotatable bonds is 3. The minimum atomic E-state index is -0.390. The first-order valence-electron chi connectivity index (χ1n) is 6.24. The molecule has 0 aromatic heterocycles. The van der Waals surface area contributed by atoms with Crippen LogP contribution in [-0.4, -0.2) is 30.4 Å². The fourth-order valence-electron chi connectivity index (χ4n) is 2.18. The molecule has 1 aromatic carbocycles. The number of aliphatic hydroxyl groups is 1. The second kappa shape index (κ2) is 5.87. The molecule has 0 amide bonds. The number of carbonyl (C=O) groups excluding carboxylic acids is 1. The first kappa shape index (κ1) is 12.9. The predicted molar refractivity (Wildman–Crippen MR) is 66.7 cm³/mol. The Morgan fingerprint density at radius 1 is 1.22 bits per heavy atom. The third-order valence-electron chi connectivity index (χ3n) is 3.23. The number of benzene rings is 1. The van der Waals surface area contributed by atoms with Crippen molar-refractivity contribution in [2.24, 2.45) is 0 Å². The van der Waals surface area contributed by atoms with Crippen LogP contribution in [0.25, 0.3) is 0 Å². The lowest BCUT2D eigenvalue weighted by Crippen LogP contribution is -2.34. The molecule has 1 aromatic rings. The van der Waals surface area contributed by atoms with Gasteiger partial charge in [0.25, 0.3) is 0 Å². The van der Waals surface area contributed by atoms with Gasteiger partial charge in [0.2, 0.25) is 0 Å². The molecule has 0 aliphatic heterocycles. The Kier molecular flexibility index (Phi) is 4.20. The van der Waals surface area contributed by atoms with E-state index in [0.29, 0.717) is 11.3 Å². The number of hydrogen-bond donors (Lipinski definition) is 1. The summed E-state index contributed by atoms with van der Waals surface area (Å²) in [6.45, 7) is 0. The Morgan fingerprint density at radius 2 is 1.89 bits per heavy atom. The number of hydrogen-bond acceptors (Lipinski definition) is 4. The fourth-order valence-corrected chi connectivity index (χ4v) is 2.18. The topological polar surface area (TPSA) is 55.8 Å². The molecule has 0 radical (unpaired) electrons. The van der Waals surface area contributed by atoms with Crippen LogP contribution in [0.5, 0.6) is 5.75 Å². The summed E-state index contributed by atoms with van der Waals surface area (Å²) in [5, 5.41) is 9.81. The number of methoxy groups -OCH3 is 1. The summed E-state index contributed by atoms with van der Waals surface area (Å²) in [4.78, 5) is 11.3. The summed E-state index contributed by atoms with van der Waals surface area (Å²) in [6.07, 6.45) is 3.29. The van der Waals surface area contributed by atoms with Crippen molar-refractivity contribution in [3.8, 4) is 5.75 Å². The lowest BCUT2D eigenvalue weighted by atomic mass is 9.95. The molecule has 0 spiro atoms. The molecule has 0 heterocycles. The molecular weight excluding hydrogens is 232 g/mol. The molecule has 4 nitrogen and oxygen atoms in total. The van der Waals surface area contributed by atoms with Gasteiger partial charge in [0.15, 0.2) is 0 Å². The molecule has 4 heteroatoms. The highest BCUT2D eigenvalue weighted by molar-refractivity contribution is 5.89. The van der Waals surface area contributed by atoms with E-state index in [-0.39, 0.29) is 18.2 Å². The maximum Gasteiger partial charge on any atom is 0.337 e. The smallest absolute Gasteiger partial charge is 0.337 e. The van der Waals surface area contributed by atoms with Crippen LogP contribution in [0.4, 0.5) is 0 Å². The average Bonchev–Trinajstić information content (AvgIpc) is 2.41. The largest absolute Gasteiger partial charge is 0.488 e. The third kappa shape index (κ3) is 3.01. The molecule has 1 fully saturated rings. The standard InChI is InChI=1S/C14H18O4/c1-17-14(16)10-6-8-11(9-7-10)18-13-5-3-2-4-12(13)15/h6-9,12-13,15H,2-5H2,1H3/t12-,13+/m1/s1. The molecule has 0 bridgehead atoms. The van der Waals surface area contributed by atoms with Crippen molar-refractivity contribution in [1.82, 2.24) is 0 Å². The predicted octanol–water partition coefficient (Wildman–Crippen LogP) is 2.16. The van der Waals surface area contributed by atoms with E-state index in [1.807, 2.05) is 0 Å². The summed E-state index contributed by atoms with van der Waals surface area (Å²) < 4.78 is 10.4. The molecule has 1 saturated carbocycles. The SMILES string of the molecule is COC(=O)c1ccc(O[C@H]2CCCC[C@H]2O)cc1. The number of ether oxygens (including phenoxy) is 2. The van der Waals surface area contributed by atoms with Crippen molar-refractivity contribution in [1.29, 1.82) is 0 Å². The van der Waals surface area contributed by atoms with Crippen LogP contribution in [-0.2, 0) is 4.74 Å². The van der Waals surface area contributed by atoms with E-state index in [2.05, 4.69) is 4.74 Å². The molecule has 0 saturated heterocycles. The Bertz CT molecular complexity index is 399. The van der Waals surface area contributed by atoms with Gasteiger partial charge in [0.1, 0.15) is 11.9 Å². The monoisotopic (exact) mass is 250 g/mol. The van der Waals surface area contributed by atoms with E-state index in [1.165, 1.54) is 7.11 Å². The van der Waals surface area contributed by atoms with Gasteiger partial charge >= 0.3 is 5.97 Å². The molecule has 18 heavy (non-hydrogen) atoms. The Hall–Kier alpha value is -1.55. The fraction of sp³-hybridized carbons (Fsp3) is 0.500. The average molecular weight is 250 g/mol. The maximum atomic E-state index is 11.3. The molecule has 98 valence electrons. The Balaban J connectivity index is 1.99. The van der Waals surface area contributed by atoms with E-state index in [0.717, 1.165) is 25.7 Å². The number of aliphatic hydroxyl groups excluding tert-OH is 1. The number of carbonyl (C=O) groups is 1. The lowest BCUT2D eigenvalue weighted by molar-refractivity contribution is 0.00685. The number of esters is 1. The van der Waals surface area contributed by atoms with Crippen molar-refractivity contribution in [3.63, 3.8) is 0 Å². The molecular formula is C14H18O4. The Morgan fingerprint density at radius 3 is 2.50 bits per heavy atom. The summed E-state index contributed by atoms with van der Waals surface area (Å²) in [5.41, 5.74) is 0.494. The van der Waals surface area contributed by atoms with Gasteiger partial charge in [0, 0.05) is 0 Å². The highest BCUT2D eigenvalue weighted by atomic mass is 16.5. The molecule has 0 unspecified atom stereocenters. The second-order valence-electron chi connectivity index (χ2n) is 4.52. The van der Waals surface area contributed by atoms with Crippen molar-refractivity contribution in [2.75, 3.05) is 7.11 Å². The van der Waals surface area contributed by atoms with Gasteiger partial charge in [-0.15, -0.1) is 0 Å². The van der Waals surface area contributed by atoms with Crippen molar-refractivity contribution < 1.29 is 19.4 Å². The van der Waals surface area contributed by atoms with E-state index in [9.17, 15) is 9.90 Å². The zero-order valence-electron chi connectivity index (χ0n) is 10.5. The zero-order valence-corrected chi connectivity index (χ0v) is 10.5. The lowest BCUT2D eigenvalue weighted by Gasteiger charge is -2.28. The second-order valence-corrected chi connectivity index (χ2v) is 4.52. The molecule has 2 atom stereocenters. The van der Waals surface area contributed by atoms with Gasteiger partial charge in [-0.3, -0.25) is 0 Å². The highest BCUT2D eigenvalue weighted by Crippen LogP contribution is 2.24. The van der Waals surface area contributed by atoms with Crippen LogP contribution < -0.4 is 4.74 Å². The van der Waals surface area contributed by atoms with Crippen LogP contribution in [0, 0.1) is 0 Å². The van der Waals surface area contributed by atoms with Gasteiger partial charge in [0.05, 0.1) is 18.8 Å². The molecule has 1 aliphatic carbocycles. The molecule has 1 N–H and O–H groups in total. The van der Waals surface area contributed by atoms with E-state index in [1.54, 1.807) is 24.3 Å². The van der Waals surface area contributed by atoms with E-state index < -0.39 is 0 Å². The Labute approximate surface area is 107 Å².